The molecule has 441 valence electrons. The van der Waals surface area contributed by atoms with Crippen LogP contribution >= 0.6 is 0 Å². The Labute approximate surface area is 477 Å². The van der Waals surface area contributed by atoms with Crippen molar-refractivity contribution in [2.24, 2.45) is 17.8 Å². The molecule has 0 saturated heterocycles. The Kier molecular flexibility index (Phi) is 27.0. The van der Waals surface area contributed by atoms with Gasteiger partial charge in [-0.2, -0.15) is 0 Å². The predicted octanol–water partition coefficient (Wildman–Crippen LogP) is 26.4. The number of hydrogen-bond acceptors (Lipinski definition) is 0. The zero-order valence-corrected chi connectivity index (χ0v) is 66.3. The fraction of sp³-hybridized carbons (Fsp3) is 1.00. The molecule has 0 aliphatic carbocycles. The van der Waals surface area contributed by atoms with Crippen molar-refractivity contribution in [2.75, 3.05) is 0 Å². The Morgan fingerprint density at radius 3 is 0.260 bits per heavy atom. The van der Waals surface area contributed by atoms with Gasteiger partial charge in [-0.05, 0) is 0 Å². The summed E-state index contributed by atoms with van der Waals surface area (Å²) in [6.07, 6.45) is 0. The summed E-state index contributed by atoms with van der Waals surface area (Å²) in [5.74, 6) is 1.83. The molecule has 0 aromatic heterocycles. The van der Waals surface area contributed by atoms with Crippen molar-refractivity contribution in [2.45, 2.75) is 401 Å². The molecule has 0 fully saturated rings. The van der Waals surface area contributed by atoms with Crippen LogP contribution < -0.4 is 0 Å². The maximum atomic E-state index is 3.05. The third-order valence-electron chi connectivity index (χ3n) is 24.5. The van der Waals surface area contributed by atoms with E-state index in [-0.39, 0.29) is 0 Å². The van der Waals surface area contributed by atoms with Gasteiger partial charge in [0.2, 0.25) is 0 Å². The second-order valence-electron chi connectivity index (χ2n) is 32.4. The fourth-order valence-electron chi connectivity index (χ4n) is 26.4. The third kappa shape index (κ3) is 9.54. The first-order valence-corrected chi connectivity index (χ1v) is 47.7. The van der Waals surface area contributed by atoms with Crippen LogP contribution in [0, 0.1) is 17.8 Å². The minimum atomic E-state index is -2.59. The van der Waals surface area contributed by atoms with Gasteiger partial charge in [0, 0.05) is 0 Å². The summed E-state index contributed by atoms with van der Waals surface area (Å²) in [6, 6.07) is 0. The van der Waals surface area contributed by atoms with Crippen molar-refractivity contribution in [1.82, 2.24) is 0 Å². The van der Waals surface area contributed by atoms with E-state index in [1.165, 1.54) is 0 Å². The van der Waals surface area contributed by atoms with Gasteiger partial charge >= 0.3 is 481 Å². The fourth-order valence-corrected chi connectivity index (χ4v) is 146. The molecule has 0 aromatic rings. The molecule has 0 aliphatic rings. The summed E-state index contributed by atoms with van der Waals surface area (Å²) in [5.41, 5.74) is 12.3. The van der Waals surface area contributed by atoms with Crippen LogP contribution in [0.1, 0.15) is 291 Å². The molecule has 0 atom stereocenters. The van der Waals surface area contributed by atoms with Crippen LogP contribution in [0.4, 0.5) is 0 Å². The second kappa shape index (κ2) is 26.4. The molecule has 0 saturated carbocycles. The van der Waals surface area contributed by atoms with Crippen LogP contribution in [0.2, 0.25) is 110 Å². The van der Waals surface area contributed by atoms with Gasteiger partial charge < -0.3 is 0 Å². The van der Waals surface area contributed by atoms with Crippen LogP contribution in [0.25, 0.3) is 0 Å². The second-order valence-corrected chi connectivity index (χ2v) is 78.1. The standard InChI is InChI=1S/3C22H49Si2.Cr/c3*1-15(2)22(23(16(3)4,17(5)6)18(7)8)24(19(9)10,20(11)12)21(13)14;/h3*15-21H,1-14H3;. The minimum absolute atomic E-state index is 0.295. The van der Waals surface area contributed by atoms with E-state index in [1.807, 2.05) is 0 Å². The molecule has 0 nitrogen and oxygen atoms in total. The Bertz CT molecular complexity index is 1220. The van der Waals surface area contributed by atoms with Gasteiger partial charge in [-0.3, -0.25) is 0 Å². The van der Waals surface area contributed by atoms with Crippen LogP contribution in [-0.2, 0) is 14.1 Å². The zero-order chi connectivity index (χ0) is 59.2. The van der Waals surface area contributed by atoms with Gasteiger partial charge in [0.15, 0.2) is 0 Å². The zero-order valence-electron chi connectivity index (χ0n) is 59.0. The van der Waals surface area contributed by atoms with Crippen molar-refractivity contribution in [3.63, 3.8) is 0 Å². The van der Waals surface area contributed by atoms with E-state index in [0.29, 0.717) is 128 Å². The third-order valence-corrected chi connectivity index (χ3v) is 98.0. The first-order chi connectivity index (χ1) is 32.7. The Morgan fingerprint density at radius 1 is 0.151 bits per heavy atom. The molecule has 0 rings (SSSR count). The molecule has 7 heteroatoms. The van der Waals surface area contributed by atoms with Gasteiger partial charge in [-0.15, -0.1) is 0 Å². The normalized spacial score (nSPS) is 15.8. The van der Waals surface area contributed by atoms with Crippen LogP contribution in [0.3, 0.4) is 0 Å². The van der Waals surface area contributed by atoms with E-state index >= 15 is 0 Å². The SMILES string of the molecule is CC(C)[C]([Cr]([C](C(C)C)([Si](C(C)C)(C(C)C)C(C)C)[Si](C(C)C)(C(C)C)C(C)C)[C](C(C)C)([Si](C(C)C)(C(C)C)C(C)C)[Si](C(C)C)(C(C)C)C(C)C)([Si](C(C)C)(C(C)C)C(C)C)[Si](C(C)C)(C(C)C)C(C)C. The molecule has 0 aromatic carbocycles. The van der Waals surface area contributed by atoms with E-state index < -0.39 is 62.6 Å². The van der Waals surface area contributed by atoms with Gasteiger partial charge in [0.05, 0.1) is 0 Å². The van der Waals surface area contributed by atoms with Crippen molar-refractivity contribution >= 4 is 48.4 Å². The summed E-state index contributed by atoms with van der Waals surface area (Å²) in [4.78, 5) is 0. The monoisotopic (exact) mass is 1160 g/mol. The van der Waals surface area contributed by atoms with E-state index in [0.717, 1.165) is 0 Å². The number of hydrogen-bond donors (Lipinski definition) is 0. The van der Waals surface area contributed by atoms with E-state index in [2.05, 4.69) is 291 Å². The van der Waals surface area contributed by atoms with Crippen molar-refractivity contribution in [3.05, 3.63) is 0 Å². The van der Waals surface area contributed by atoms with Crippen LogP contribution in [0.15, 0.2) is 0 Å². The molecule has 0 N–H and O–H groups in total. The summed E-state index contributed by atoms with van der Waals surface area (Å²) in [5, 5.41) is 0. The van der Waals surface area contributed by atoms with E-state index in [4.69, 9.17) is 0 Å². The Hall–Kier alpha value is 1.83. The van der Waals surface area contributed by atoms with Crippen molar-refractivity contribution in [3.8, 4) is 0 Å². The molecule has 0 radical (unpaired) electrons. The molecule has 0 aliphatic heterocycles. The summed E-state index contributed by atoms with van der Waals surface area (Å²) < 4.78 is 0.885. The predicted molar refractivity (Wildman–Crippen MR) is 359 cm³/mol. The molecule has 73 heavy (non-hydrogen) atoms. The Morgan fingerprint density at radius 2 is 0.219 bits per heavy atom. The molecule has 0 amide bonds. The van der Waals surface area contributed by atoms with Crippen LogP contribution in [-0.4, -0.2) is 48.4 Å². The Balaban J connectivity index is 14.3. The first-order valence-electron chi connectivity index (χ1n) is 32.4. The van der Waals surface area contributed by atoms with E-state index in [9.17, 15) is 0 Å². The summed E-state index contributed by atoms with van der Waals surface area (Å²) in [6.45, 7) is 124. The van der Waals surface area contributed by atoms with Gasteiger partial charge in [-0.25, -0.2) is 0 Å². The van der Waals surface area contributed by atoms with Gasteiger partial charge in [-0.1, -0.05) is 0 Å². The van der Waals surface area contributed by atoms with Gasteiger partial charge in [0.25, 0.3) is 0 Å². The van der Waals surface area contributed by atoms with Crippen LogP contribution in [0.5, 0.6) is 0 Å². The average Bonchev–Trinajstić information content (AvgIpc) is 3.15. The quantitative estimate of drug-likeness (QED) is 0.0629. The molecule has 0 heterocycles. The molecular weight excluding hydrogens is 1010 g/mol. The summed E-state index contributed by atoms with van der Waals surface area (Å²) in [7, 11) is -15.6. The van der Waals surface area contributed by atoms with Crippen molar-refractivity contribution in [1.29, 1.82) is 0 Å². The molecule has 0 unspecified atom stereocenters. The van der Waals surface area contributed by atoms with E-state index in [1.54, 1.807) is 0 Å². The topological polar surface area (TPSA) is 0 Å². The summed E-state index contributed by atoms with van der Waals surface area (Å²) >= 11 is -2.23. The van der Waals surface area contributed by atoms with Gasteiger partial charge in [0.1, 0.15) is 0 Å². The average molecular weight is 1160 g/mol. The van der Waals surface area contributed by atoms with Crippen molar-refractivity contribution < 1.29 is 14.1 Å². The molecule has 0 bridgehead atoms. The first kappa shape index (κ1) is 74.8. The molecule has 0 spiro atoms. The molecular formula is C66H147CrSi6. The maximum absolute atomic E-state index is 3.05. The number of rotatable bonds is 30.